The molecule has 0 aliphatic heterocycles. The van der Waals surface area contributed by atoms with E-state index < -0.39 is 5.97 Å². The Kier molecular flexibility index (Phi) is 4.14. The zero-order valence-electron chi connectivity index (χ0n) is 8.03. The van der Waals surface area contributed by atoms with E-state index in [0.717, 1.165) is 10.0 Å². The van der Waals surface area contributed by atoms with Crippen LogP contribution in [0.25, 0.3) is 0 Å². The molecule has 0 amide bonds. The van der Waals surface area contributed by atoms with Gasteiger partial charge in [-0.1, -0.05) is 41.1 Å². The highest BCUT2D eigenvalue weighted by molar-refractivity contribution is 9.10. The van der Waals surface area contributed by atoms with E-state index in [2.05, 4.69) is 15.9 Å². The van der Waals surface area contributed by atoms with Gasteiger partial charge in [-0.15, -0.1) is 0 Å². The first-order chi connectivity index (χ1) is 6.65. The van der Waals surface area contributed by atoms with Crippen molar-refractivity contribution in [2.24, 2.45) is 5.92 Å². The summed E-state index contributed by atoms with van der Waals surface area (Å²) in [5.41, 5.74) is 1.06. The largest absolute Gasteiger partial charge is 0.481 e. The summed E-state index contributed by atoms with van der Waals surface area (Å²) in [7, 11) is 0. The Morgan fingerprint density at radius 1 is 1.50 bits per heavy atom. The van der Waals surface area contributed by atoms with Gasteiger partial charge in [0.05, 0.1) is 5.92 Å². The third kappa shape index (κ3) is 2.84. The predicted molar refractivity (Wildman–Crippen MR) is 59.3 cm³/mol. The number of halogens is 1. The fraction of sp³-hybridized carbons (Fsp3) is 0.364. The molecule has 0 heterocycles. The van der Waals surface area contributed by atoms with Gasteiger partial charge in [0.25, 0.3) is 0 Å². The standard InChI is InChI=1S/C11H13BrO2/c1-2-8(11(13)14)7-9-5-3-4-6-10(9)12/h3-6,8H,2,7H2,1H3,(H,13,14)/t8-/m1/s1. The Bertz CT molecular complexity index is 323. The van der Waals surface area contributed by atoms with Gasteiger partial charge in [0.2, 0.25) is 0 Å². The number of hydrogen-bond acceptors (Lipinski definition) is 1. The van der Waals surface area contributed by atoms with Crippen molar-refractivity contribution in [2.75, 3.05) is 0 Å². The molecule has 1 aromatic rings. The highest BCUT2D eigenvalue weighted by Gasteiger charge is 2.16. The molecule has 0 aliphatic carbocycles. The summed E-state index contributed by atoms with van der Waals surface area (Å²) in [6.07, 6.45) is 1.25. The summed E-state index contributed by atoms with van der Waals surface area (Å²) in [5, 5.41) is 8.91. The molecule has 0 saturated carbocycles. The lowest BCUT2D eigenvalue weighted by molar-refractivity contribution is -0.141. The van der Waals surface area contributed by atoms with Gasteiger partial charge in [0, 0.05) is 4.47 Å². The number of aliphatic carboxylic acids is 1. The second-order valence-electron chi connectivity index (χ2n) is 3.24. The molecule has 0 radical (unpaired) electrons. The van der Waals surface area contributed by atoms with Crippen molar-refractivity contribution in [3.8, 4) is 0 Å². The van der Waals surface area contributed by atoms with Crippen molar-refractivity contribution in [3.05, 3.63) is 34.3 Å². The van der Waals surface area contributed by atoms with Crippen LogP contribution in [-0.2, 0) is 11.2 Å². The minimum atomic E-state index is -0.719. The zero-order chi connectivity index (χ0) is 10.6. The molecule has 1 rings (SSSR count). The summed E-state index contributed by atoms with van der Waals surface area (Å²) in [6.45, 7) is 1.90. The van der Waals surface area contributed by atoms with E-state index in [9.17, 15) is 4.79 Å². The van der Waals surface area contributed by atoms with E-state index in [0.29, 0.717) is 12.8 Å². The molecule has 1 aromatic carbocycles. The molecule has 0 spiro atoms. The average Bonchev–Trinajstić information content (AvgIpc) is 2.16. The van der Waals surface area contributed by atoms with Crippen LogP contribution in [0.1, 0.15) is 18.9 Å². The van der Waals surface area contributed by atoms with E-state index in [-0.39, 0.29) is 5.92 Å². The fourth-order valence-corrected chi connectivity index (χ4v) is 1.78. The molecule has 1 N–H and O–H groups in total. The molecule has 0 aliphatic rings. The minimum Gasteiger partial charge on any atom is -0.481 e. The van der Waals surface area contributed by atoms with Crippen LogP contribution in [0.2, 0.25) is 0 Å². The summed E-state index contributed by atoms with van der Waals surface area (Å²) >= 11 is 3.41. The summed E-state index contributed by atoms with van der Waals surface area (Å²) in [6, 6.07) is 7.74. The first kappa shape index (κ1) is 11.2. The Balaban J connectivity index is 2.77. The summed E-state index contributed by atoms with van der Waals surface area (Å²) < 4.78 is 0.986. The second kappa shape index (κ2) is 5.15. The van der Waals surface area contributed by atoms with Crippen molar-refractivity contribution in [2.45, 2.75) is 19.8 Å². The minimum absolute atomic E-state index is 0.284. The van der Waals surface area contributed by atoms with Crippen molar-refractivity contribution in [3.63, 3.8) is 0 Å². The van der Waals surface area contributed by atoms with Crippen LogP contribution in [0.4, 0.5) is 0 Å². The van der Waals surface area contributed by atoms with Crippen LogP contribution in [0.3, 0.4) is 0 Å². The van der Waals surface area contributed by atoms with Gasteiger partial charge in [0.15, 0.2) is 0 Å². The SMILES string of the molecule is CC[C@H](Cc1ccccc1Br)C(=O)O. The first-order valence-electron chi connectivity index (χ1n) is 4.61. The second-order valence-corrected chi connectivity index (χ2v) is 4.09. The molecular weight excluding hydrogens is 244 g/mol. The topological polar surface area (TPSA) is 37.3 Å². The average molecular weight is 257 g/mol. The Labute approximate surface area is 92.1 Å². The molecule has 1 atom stereocenters. The maximum Gasteiger partial charge on any atom is 0.306 e. The maximum atomic E-state index is 10.8. The van der Waals surface area contributed by atoms with Gasteiger partial charge in [-0.3, -0.25) is 4.79 Å². The number of hydrogen-bond donors (Lipinski definition) is 1. The molecule has 3 heteroatoms. The van der Waals surface area contributed by atoms with Crippen molar-refractivity contribution in [1.29, 1.82) is 0 Å². The van der Waals surface area contributed by atoms with Gasteiger partial charge in [-0.05, 0) is 24.5 Å². The van der Waals surface area contributed by atoms with E-state index >= 15 is 0 Å². The number of carbonyl (C=O) groups is 1. The van der Waals surface area contributed by atoms with Crippen molar-refractivity contribution < 1.29 is 9.90 Å². The van der Waals surface area contributed by atoms with Crippen LogP contribution in [0, 0.1) is 5.92 Å². The lowest BCUT2D eigenvalue weighted by atomic mass is 9.97. The molecule has 0 aromatic heterocycles. The van der Waals surface area contributed by atoms with E-state index in [4.69, 9.17) is 5.11 Å². The third-order valence-corrected chi connectivity index (χ3v) is 3.04. The van der Waals surface area contributed by atoms with Crippen molar-refractivity contribution in [1.82, 2.24) is 0 Å². The first-order valence-corrected chi connectivity index (χ1v) is 5.40. The van der Waals surface area contributed by atoms with E-state index in [1.54, 1.807) is 0 Å². The molecule has 0 bridgehead atoms. The maximum absolute atomic E-state index is 10.8. The predicted octanol–water partition coefficient (Wildman–Crippen LogP) is 3.10. The zero-order valence-corrected chi connectivity index (χ0v) is 9.62. The smallest absolute Gasteiger partial charge is 0.306 e. The van der Waals surface area contributed by atoms with Crippen LogP contribution in [0.5, 0.6) is 0 Å². The number of benzene rings is 1. The quantitative estimate of drug-likeness (QED) is 0.899. The highest BCUT2D eigenvalue weighted by atomic mass is 79.9. The van der Waals surface area contributed by atoms with Gasteiger partial charge >= 0.3 is 5.97 Å². The van der Waals surface area contributed by atoms with Crippen molar-refractivity contribution >= 4 is 21.9 Å². The Hall–Kier alpha value is -0.830. The van der Waals surface area contributed by atoms with Crippen LogP contribution < -0.4 is 0 Å². The molecule has 0 fully saturated rings. The monoisotopic (exact) mass is 256 g/mol. The molecule has 0 saturated heterocycles. The summed E-state index contributed by atoms with van der Waals surface area (Å²) in [5.74, 6) is -1.00. The van der Waals surface area contributed by atoms with Gasteiger partial charge in [0.1, 0.15) is 0 Å². The Morgan fingerprint density at radius 3 is 2.64 bits per heavy atom. The number of carboxylic acids is 1. The Morgan fingerprint density at radius 2 is 2.14 bits per heavy atom. The number of carboxylic acid groups (broad SMARTS) is 1. The molecule has 76 valence electrons. The van der Waals surface area contributed by atoms with Gasteiger partial charge in [-0.2, -0.15) is 0 Å². The van der Waals surface area contributed by atoms with Gasteiger partial charge < -0.3 is 5.11 Å². The van der Waals surface area contributed by atoms with E-state index in [1.165, 1.54) is 0 Å². The van der Waals surface area contributed by atoms with Gasteiger partial charge in [-0.25, -0.2) is 0 Å². The highest BCUT2D eigenvalue weighted by Crippen LogP contribution is 2.20. The lowest BCUT2D eigenvalue weighted by Gasteiger charge is -2.10. The third-order valence-electron chi connectivity index (χ3n) is 2.27. The molecule has 0 unspecified atom stereocenters. The molecular formula is C11H13BrO2. The van der Waals surface area contributed by atoms with Crippen LogP contribution in [0.15, 0.2) is 28.7 Å². The van der Waals surface area contributed by atoms with Crippen LogP contribution >= 0.6 is 15.9 Å². The normalized spacial score (nSPS) is 12.4. The number of rotatable bonds is 4. The lowest BCUT2D eigenvalue weighted by Crippen LogP contribution is -2.15. The van der Waals surface area contributed by atoms with Crippen LogP contribution in [-0.4, -0.2) is 11.1 Å². The van der Waals surface area contributed by atoms with E-state index in [1.807, 2.05) is 31.2 Å². The summed E-state index contributed by atoms with van der Waals surface area (Å²) in [4.78, 5) is 10.8. The molecule has 14 heavy (non-hydrogen) atoms. The fourth-order valence-electron chi connectivity index (χ4n) is 1.34. The molecule has 2 nitrogen and oxygen atoms in total.